The van der Waals surface area contributed by atoms with Gasteiger partial charge in [0.25, 0.3) is 0 Å². The first-order valence-corrected chi connectivity index (χ1v) is 8.76. The number of phenolic OH excluding ortho intramolecular Hbond substituents is 3. The van der Waals surface area contributed by atoms with Crippen LogP contribution in [0.15, 0.2) is 45.6 Å². The summed E-state index contributed by atoms with van der Waals surface area (Å²) in [5, 5.41) is 59.5. The van der Waals surface area contributed by atoms with Crippen molar-refractivity contribution < 1.29 is 39.8 Å². The maximum Gasteiger partial charge on any atom is 0.197 e. The second-order valence-electron chi connectivity index (χ2n) is 6.81. The van der Waals surface area contributed by atoms with Crippen LogP contribution in [-0.4, -0.2) is 55.6 Å². The maximum atomic E-state index is 12.7. The second kappa shape index (κ2) is 7.05. The minimum absolute atomic E-state index is 0.0373. The molecular weight excluding hydrogens is 384 g/mol. The summed E-state index contributed by atoms with van der Waals surface area (Å²) in [7, 11) is 0. The van der Waals surface area contributed by atoms with Crippen molar-refractivity contribution in [1.29, 1.82) is 0 Å². The van der Waals surface area contributed by atoms with Gasteiger partial charge in [-0.15, -0.1) is 0 Å². The summed E-state index contributed by atoms with van der Waals surface area (Å²) in [4.78, 5) is 12.7. The molecule has 0 amide bonds. The SMILES string of the molecule is O=c1cc(-c2ccc(O)cc2)oc2cc(O)c([C@@H]3O[C@H](CO)[C@@H](O)[C@@H]3O)c(O)c12. The molecule has 6 N–H and O–H groups in total. The van der Waals surface area contributed by atoms with Crippen LogP contribution >= 0.6 is 0 Å². The summed E-state index contributed by atoms with van der Waals surface area (Å²) in [5.41, 5.74) is -0.510. The topological polar surface area (TPSA) is 161 Å². The molecule has 9 nitrogen and oxygen atoms in total. The monoisotopic (exact) mass is 402 g/mol. The Morgan fingerprint density at radius 1 is 0.966 bits per heavy atom. The number of aromatic hydroxyl groups is 3. The lowest BCUT2D eigenvalue weighted by Gasteiger charge is -2.18. The van der Waals surface area contributed by atoms with E-state index in [0.29, 0.717) is 5.56 Å². The van der Waals surface area contributed by atoms with E-state index in [2.05, 4.69) is 0 Å². The summed E-state index contributed by atoms with van der Waals surface area (Å²) in [5.74, 6) is -0.978. The van der Waals surface area contributed by atoms with Gasteiger partial charge in [0.1, 0.15) is 58.4 Å². The van der Waals surface area contributed by atoms with Crippen LogP contribution in [0.2, 0.25) is 0 Å². The minimum atomic E-state index is -1.54. The molecule has 1 saturated heterocycles. The number of benzene rings is 2. The molecule has 0 aliphatic carbocycles. The molecule has 2 aromatic carbocycles. The molecule has 1 fully saturated rings. The smallest absolute Gasteiger partial charge is 0.197 e. The highest BCUT2D eigenvalue weighted by Crippen LogP contribution is 2.45. The molecule has 0 radical (unpaired) electrons. The van der Waals surface area contributed by atoms with Gasteiger partial charge in [0, 0.05) is 17.7 Å². The predicted octanol–water partition coefficient (Wildman–Crippen LogP) is 0.731. The van der Waals surface area contributed by atoms with Crippen molar-refractivity contribution in [1.82, 2.24) is 0 Å². The van der Waals surface area contributed by atoms with E-state index in [1.807, 2.05) is 0 Å². The fraction of sp³-hybridized carbons (Fsp3) is 0.250. The number of fused-ring (bicyclic) bond motifs is 1. The zero-order valence-electron chi connectivity index (χ0n) is 14.9. The molecular formula is C20H18O9. The van der Waals surface area contributed by atoms with Crippen LogP contribution in [0.5, 0.6) is 17.2 Å². The highest BCUT2D eigenvalue weighted by atomic mass is 16.6. The Hall–Kier alpha value is -3.11. The number of aliphatic hydroxyl groups excluding tert-OH is 3. The van der Waals surface area contributed by atoms with E-state index in [-0.39, 0.29) is 28.0 Å². The molecule has 2 heterocycles. The Morgan fingerprint density at radius 3 is 2.28 bits per heavy atom. The predicted molar refractivity (Wildman–Crippen MR) is 99.6 cm³/mol. The number of rotatable bonds is 3. The number of ether oxygens (including phenoxy) is 1. The standard InChI is InChI=1S/C20H18O9/c21-7-14-17(25)19(27)20(29-14)16-11(24)6-13-15(18(16)26)10(23)5-12(28-13)8-1-3-9(22)4-2-8/h1-6,14,17,19-22,24-27H,7H2/t14-,17-,19+,20+/m1/s1. The summed E-state index contributed by atoms with van der Waals surface area (Å²) >= 11 is 0. The van der Waals surface area contributed by atoms with Crippen molar-refractivity contribution in [3.05, 3.63) is 52.2 Å². The largest absolute Gasteiger partial charge is 0.508 e. The molecule has 0 bridgehead atoms. The molecule has 1 aliphatic rings. The Bertz CT molecular complexity index is 1120. The summed E-state index contributed by atoms with van der Waals surface area (Å²) < 4.78 is 11.0. The average Bonchev–Trinajstić information content (AvgIpc) is 2.96. The van der Waals surface area contributed by atoms with Crippen molar-refractivity contribution in [3.63, 3.8) is 0 Å². The van der Waals surface area contributed by atoms with E-state index < -0.39 is 48.0 Å². The van der Waals surface area contributed by atoms with Crippen LogP contribution in [0.1, 0.15) is 11.7 Å². The van der Waals surface area contributed by atoms with Crippen molar-refractivity contribution in [2.24, 2.45) is 0 Å². The number of hydrogen-bond acceptors (Lipinski definition) is 9. The number of hydrogen-bond donors (Lipinski definition) is 6. The first kappa shape index (κ1) is 19.2. The first-order valence-electron chi connectivity index (χ1n) is 8.76. The van der Waals surface area contributed by atoms with E-state index in [1.165, 1.54) is 24.3 Å². The van der Waals surface area contributed by atoms with E-state index in [9.17, 15) is 35.4 Å². The van der Waals surface area contributed by atoms with Crippen LogP contribution in [0.4, 0.5) is 0 Å². The third-order valence-electron chi connectivity index (χ3n) is 4.99. The molecule has 152 valence electrons. The van der Waals surface area contributed by atoms with Gasteiger partial charge in [0.15, 0.2) is 5.43 Å². The fourth-order valence-electron chi connectivity index (χ4n) is 3.49. The van der Waals surface area contributed by atoms with Gasteiger partial charge in [-0.1, -0.05) is 0 Å². The average molecular weight is 402 g/mol. The van der Waals surface area contributed by atoms with Crippen LogP contribution in [-0.2, 0) is 4.74 Å². The van der Waals surface area contributed by atoms with E-state index in [4.69, 9.17) is 9.15 Å². The highest BCUT2D eigenvalue weighted by Gasteiger charge is 2.45. The highest BCUT2D eigenvalue weighted by molar-refractivity contribution is 5.88. The molecule has 0 spiro atoms. The first-order chi connectivity index (χ1) is 13.8. The van der Waals surface area contributed by atoms with Gasteiger partial charge in [-0.2, -0.15) is 0 Å². The van der Waals surface area contributed by atoms with Gasteiger partial charge < -0.3 is 39.8 Å². The molecule has 4 atom stereocenters. The third kappa shape index (κ3) is 3.10. The zero-order chi connectivity index (χ0) is 20.9. The van der Waals surface area contributed by atoms with Crippen LogP contribution in [0.3, 0.4) is 0 Å². The number of phenols is 3. The Kier molecular flexibility index (Phi) is 4.67. The molecule has 0 saturated carbocycles. The van der Waals surface area contributed by atoms with E-state index in [0.717, 1.165) is 12.1 Å². The molecule has 9 heteroatoms. The van der Waals surface area contributed by atoms with Crippen LogP contribution < -0.4 is 5.43 Å². The Morgan fingerprint density at radius 2 is 1.66 bits per heavy atom. The minimum Gasteiger partial charge on any atom is -0.508 e. The van der Waals surface area contributed by atoms with Gasteiger partial charge in [-0.05, 0) is 24.3 Å². The Labute approximate surface area is 163 Å². The molecule has 1 aliphatic heterocycles. The van der Waals surface area contributed by atoms with Crippen molar-refractivity contribution in [3.8, 4) is 28.6 Å². The number of aliphatic hydroxyl groups is 3. The molecule has 3 aromatic rings. The van der Waals surface area contributed by atoms with Crippen molar-refractivity contribution in [2.45, 2.75) is 24.4 Å². The maximum absolute atomic E-state index is 12.7. The van der Waals surface area contributed by atoms with E-state index in [1.54, 1.807) is 0 Å². The van der Waals surface area contributed by atoms with Gasteiger partial charge in [0.05, 0.1) is 12.2 Å². The summed E-state index contributed by atoms with van der Waals surface area (Å²) in [6.45, 7) is -0.581. The van der Waals surface area contributed by atoms with Gasteiger partial charge in [-0.3, -0.25) is 4.79 Å². The lowest BCUT2D eigenvalue weighted by molar-refractivity contribution is -0.0238. The van der Waals surface area contributed by atoms with Crippen molar-refractivity contribution in [2.75, 3.05) is 6.61 Å². The van der Waals surface area contributed by atoms with Crippen LogP contribution in [0, 0.1) is 0 Å². The Balaban J connectivity index is 1.86. The van der Waals surface area contributed by atoms with Gasteiger partial charge >= 0.3 is 0 Å². The summed E-state index contributed by atoms with van der Waals surface area (Å²) in [6, 6.07) is 8.15. The summed E-state index contributed by atoms with van der Waals surface area (Å²) in [6.07, 6.45) is -5.45. The quantitative estimate of drug-likeness (QED) is 0.371. The molecule has 29 heavy (non-hydrogen) atoms. The van der Waals surface area contributed by atoms with Gasteiger partial charge in [0.2, 0.25) is 0 Å². The van der Waals surface area contributed by atoms with E-state index >= 15 is 0 Å². The normalized spacial score (nSPS) is 24.2. The lowest BCUT2D eigenvalue weighted by atomic mass is 9.97. The molecule has 1 aromatic heterocycles. The second-order valence-corrected chi connectivity index (χ2v) is 6.81. The third-order valence-corrected chi connectivity index (χ3v) is 4.99. The van der Waals surface area contributed by atoms with Gasteiger partial charge in [-0.25, -0.2) is 0 Å². The fourth-order valence-corrected chi connectivity index (χ4v) is 3.49. The molecule has 0 unspecified atom stereocenters. The molecule has 4 rings (SSSR count). The van der Waals surface area contributed by atoms with Crippen molar-refractivity contribution >= 4 is 11.0 Å². The lowest BCUT2D eigenvalue weighted by Crippen LogP contribution is -2.32. The van der Waals surface area contributed by atoms with Crippen LogP contribution in [0.25, 0.3) is 22.3 Å². The zero-order valence-corrected chi connectivity index (χ0v) is 14.9.